The second kappa shape index (κ2) is 18.3. The fourth-order valence-corrected chi connectivity index (χ4v) is 4.03. The number of hydrogen-bond acceptors (Lipinski definition) is 2. The minimum absolute atomic E-state index is 0.369. The second-order valence-electron chi connectivity index (χ2n) is 8.35. The number of rotatable bonds is 18. The molecule has 0 amide bonds. The molecule has 1 aliphatic carbocycles. The van der Waals surface area contributed by atoms with Crippen LogP contribution in [0.5, 0.6) is 0 Å². The van der Waals surface area contributed by atoms with Gasteiger partial charge in [-0.1, -0.05) is 104 Å². The minimum Gasteiger partial charge on any atom is -0.376 e. The first-order chi connectivity index (χ1) is 12.9. The number of ether oxygens (including phenoxy) is 2. The van der Waals surface area contributed by atoms with Gasteiger partial charge in [-0.3, -0.25) is 0 Å². The molecule has 0 aromatic carbocycles. The average molecular weight is 369 g/mol. The summed E-state index contributed by atoms with van der Waals surface area (Å²) in [4.78, 5) is 0. The highest BCUT2D eigenvalue weighted by molar-refractivity contribution is 4.76. The molecule has 0 aromatic rings. The number of unbranched alkanes of at least 4 members (excludes halogenated alkanes) is 12. The maximum absolute atomic E-state index is 6.22. The SMILES string of the molecule is CCCCCCCCCOC1CCCCC1OCCCCCCCCC. The van der Waals surface area contributed by atoms with Crippen LogP contribution in [0.1, 0.15) is 129 Å². The maximum atomic E-state index is 6.22. The predicted octanol–water partition coefficient (Wildman–Crippen LogP) is 7.83. The van der Waals surface area contributed by atoms with E-state index in [4.69, 9.17) is 9.47 Å². The fraction of sp³-hybridized carbons (Fsp3) is 1.00. The Kier molecular flexibility index (Phi) is 16.9. The summed E-state index contributed by atoms with van der Waals surface area (Å²) in [5.74, 6) is 0. The summed E-state index contributed by atoms with van der Waals surface area (Å²) in [6.07, 6.45) is 24.8. The summed E-state index contributed by atoms with van der Waals surface area (Å²) in [5.41, 5.74) is 0. The summed E-state index contributed by atoms with van der Waals surface area (Å²) in [6, 6.07) is 0. The third kappa shape index (κ3) is 13.1. The van der Waals surface area contributed by atoms with Crippen LogP contribution in [0.25, 0.3) is 0 Å². The van der Waals surface area contributed by atoms with E-state index in [2.05, 4.69) is 13.8 Å². The standard InChI is InChI=1S/C24H48O2/c1-3-5-7-9-11-13-17-21-25-23-19-15-16-20-24(23)26-22-18-14-12-10-8-6-4-2/h23-24H,3-22H2,1-2H3. The van der Waals surface area contributed by atoms with Gasteiger partial charge in [0.1, 0.15) is 0 Å². The Balaban J connectivity index is 1.99. The highest BCUT2D eigenvalue weighted by atomic mass is 16.5. The second-order valence-corrected chi connectivity index (χ2v) is 8.35. The van der Waals surface area contributed by atoms with E-state index in [-0.39, 0.29) is 0 Å². The van der Waals surface area contributed by atoms with Gasteiger partial charge >= 0.3 is 0 Å². The van der Waals surface area contributed by atoms with Crippen molar-refractivity contribution >= 4 is 0 Å². The summed E-state index contributed by atoms with van der Waals surface area (Å²) in [5, 5.41) is 0. The van der Waals surface area contributed by atoms with E-state index in [1.165, 1.54) is 116 Å². The molecular formula is C24H48O2. The molecule has 2 unspecified atom stereocenters. The van der Waals surface area contributed by atoms with Crippen molar-refractivity contribution in [1.29, 1.82) is 0 Å². The van der Waals surface area contributed by atoms with Crippen LogP contribution < -0.4 is 0 Å². The van der Waals surface area contributed by atoms with Crippen molar-refractivity contribution in [2.24, 2.45) is 0 Å². The lowest BCUT2D eigenvalue weighted by Gasteiger charge is -2.31. The summed E-state index contributed by atoms with van der Waals surface area (Å²) in [7, 11) is 0. The van der Waals surface area contributed by atoms with E-state index in [0.717, 1.165) is 13.2 Å². The first-order valence-electron chi connectivity index (χ1n) is 12.1. The van der Waals surface area contributed by atoms with Gasteiger partial charge in [0.25, 0.3) is 0 Å². The Morgan fingerprint density at radius 3 is 1.23 bits per heavy atom. The van der Waals surface area contributed by atoms with Gasteiger partial charge in [-0.25, -0.2) is 0 Å². The van der Waals surface area contributed by atoms with Crippen LogP contribution in [0.3, 0.4) is 0 Å². The van der Waals surface area contributed by atoms with E-state index < -0.39 is 0 Å². The normalized spacial score (nSPS) is 20.5. The molecule has 1 saturated carbocycles. The van der Waals surface area contributed by atoms with E-state index >= 15 is 0 Å². The zero-order valence-corrected chi connectivity index (χ0v) is 18.1. The fourth-order valence-electron chi connectivity index (χ4n) is 4.03. The zero-order valence-electron chi connectivity index (χ0n) is 18.1. The molecule has 156 valence electrons. The van der Waals surface area contributed by atoms with E-state index in [1.54, 1.807) is 0 Å². The molecule has 2 atom stereocenters. The Hall–Kier alpha value is -0.0800. The molecule has 0 aliphatic heterocycles. The Labute approximate surface area is 164 Å². The van der Waals surface area contributed by atoms with Crippen molar-refractivity contribution in [3.63, 3.8) is 0 Å². The van der Waals surface area contributed by atoms with E-state index in [0.29, 0.717) is 12.2 Å². The van der Waals surface area contributed by atoms with Crippen molar-refractivity contribution in [3.05, 3.63) is 0 Å². The summed E-state index contributed by atoms with van der Waals surface area (Å²) in [6.45, 7) is 6.44. The van der Waals surface area contributed by atoms with Gasteiger partial charge in [0, 0.05) is 13.2 Å². The quantitative estimate of drug-likeness (QED) is 0.229. The number of hydrogen-bond donors (Lipinski definition) is 0. The van der Waals surface area contributed by atoms with Crippen molar-refractivity contribution in [2.45, 2.75) is 142 Å². The van der Waals surface area contributed by atoms with Gasteiger partial charge < -0.3 is 9.47 Å². The van der Waals surface area contributed by atoms with Crippen LogP contribution in [0.15, 0.2) is 0 Å². The smallest absolute Gasteiger partial charge is 0.0836 e. The van der Waals surface area contributed by atoms with Gasteiger partial charge in [-0.2, -0.15) is 0 Å². The van der Waals surface area contributed by atoms with Crippen molar-refractivity contribution < 1.29 is 9.47 Å². The van der Waals surface area contributed by atoms with Gasteiger partial charge in [-0.15, -0.1) is 0 Å². The van der Waals surface area contributed by atoms with Gasteiger partial charge in [-0.05, 0) is 25.7 Å². The molecule has 1 aliphatic rings. The molecule has 0 saturated heterocycles. The van der Waals surface area contributed by atoms with Crippen molar-refractivity contribution in [1.82, 2.24) is 0 Å². The van der Waals surface area contributed by atoms with Crippen LogP contribution in [-0.4, -0.2) is 25.4 Å². The topological polar surface area (TPSA) is 18.5 Å². The van der Waals surface area contributed by atoms with Crippen LogP contribution in [0, 0.1) is 0 Å². The maximum Gasteiger partial charge on any atom is 0.0836 e. The lowest BCUT2D eigenvalue weighted by Crippen LogP contribution is -2.35. The molecule has 26 heavy (non-hydrogen) atoms. The van der Waals surface area contributed by atoms with Gasteiger partial charge in [0.05, 0.1) is 12.2 Å². The lowest BCUT2D eigenvalue weighted by molar-refractivity contribution is -0.0934. The van der Waals surface area contributed by atoms with Crippen LogP contribution in [0.2, 0.25) is 0 Å². The van der Waals surface area contributed by atoms with Crippen LogP contribution >= 0.6 is 0 Å². The Morgan fingerprint density at radius 1 is 0.500 bits per heavy atom. The third-order valence-corrected chi connectivity index (χ3v) is 5.80. The van der Waals surface area contributed by atoms with E-state index in [9.17, 15) is 0 Å². The molecule has 0 aromatic heterocycles. The molecule has 2 heteroatoms. The van der Waals surface area contributed by atoms with Crippen LogP contribution in [0.4, 0.5) is 0 Å². The predicted molar refractivity (Wildman–Crippen MR) is 114 cm³/mol. The Morgan fingerprint density at radius 2 is 0.846 bits per heavy atom. The summed E-state index contributed by atoms with van der Waals surface area (Å²) >= 11 is 0. The first-order valence-corrected chi connectivity index (χ1v) is 12.1. The highest BCUT2D eigenvalue weighted by Gasteiger charge is 2.26. The molecule has 0 radical (unpaired) electrons. The molecule has 1 fully saturated rings. The van der Waals surface area contributed by atoms with Gasteiger partial charge in [0.15, 0.2) is 0 Å². The zero-order chi connectivity index (χ0) is 18.7. The Bertz CT molecular complexity index is 251. The summed E-state index contributed by atoms with van der Waals surface area (Å²) < 4.78 is 12.4. The largest absolute Gasteiger partial charge is 0.376 e. The molecule has 0 bridgehead atoms. The molecule has 0 N–H and O–H groups in total. The highest BCUT2D eigenvalue weighted by Crippen LogP contribution is 2.24. The molecule has 0 heterocycles. The minimum atomic E-state index is 0.369. The van der Waals surface area contributed by atoms with Crippen molar-refractivity contribution in [2.75, 3.05) is 13.2 Å². The molecule has 0 spiro atoms. The molecular weight excluding hydrogens is 320 g/mol. The van der Waals surface area contributed by atoms with E-state index in [1.807, 2.05) is 0 Å². The van der Waals surface area contributed by atoms with Crippen molar-refractivity contribution in [3.8, 4) is 0 Å². The lowest BCUT2D eigenvalue weighted by atomic mass is 9.94. The first kappa shape index (κ1) is 24.0. The average Bonchev–Trinajstić information content (AvgIpc) is 2.67. The monoisotopic (exact) mass is 368 g/mol. The van der Waals surface area contributed by atoms with Crippen LogP contribution in [-0.2, 0) is 9.47 Å². The van der Waals surface area contributed by atoms with Gasteiger partial charge in [0.2, 0.25) is 0 Å². The third-order valence-electron chi connectivity index (χ3n) is 5.80. The molecule has 2 nitrogen and oxygen atoms in total. The molecule has 1 rings (SSSR count).